The van der Waals surface area contributed by atoms with Gasteiger partial charge in [-0.3, -0.25) is 4.79 Å². The van der Waals surface area contributed by atoms with Crippen LogP contribution in [0.3, 0.4) is 0 Å². The van der Waals surface area contributed by atoms with Gasteiger partial charge in [-0.1, -0.05) is 30.3 Å². The van der Waals surface area contributed by atoms with Crippen molar-refractivity contribution in [1.82, 2.24) is 20.1 Å². The first-order valence-electron chi connectivity index (χ1n) is 10.1. The number of hydrogen-bond donors (Lipinski definition) is 1. The van der Waals surface area contributed by atoms with Crippen molar-refractivity contribution in [3.8, 4) is 0 Å². The standard InChI is InChI=1S/C22H24N4O3/c27-21(25-19-6-8-29-22(11-19)7-9-28-15-22)18-10-17-13-24-26(20(17)23-12-18)14-16-4-2-1-3-5-16/h1-5,10,12-13,19H,6-9,11,14-15H2,(H,25,27). The second-order valence-corrected chi connectivity index (χ2v) is 7.92. The van der Waals surface area contributed by atoms with E-state index in [0.717, 1.165) is 42.5 Å². The Kier molecular flexibility index (Phi) is 4.77. The Morgan fingerprint density at radius 3 is 2.97 bits per heavy atom. The van der Waals surface area contributed by atoms with Crippen LogP contribution < -0.4 is 5.32 Å². The zero-order valence-corrected chi connectivity index (χ0v) is 16.2. The number of nitrogens with zero attached hydrogens (tertiary/aromatic N) is 3. The summed E-state index contributed by atoms with van der Waals surface area (Å²) in [5.41, 5.74) is 2.26. The molecule has 2 atom stereocenters. The van der Waals surface area contributed by atoms with Crippen LogP contribution in [0.15, 0.2) is 48.8 Å². The highest BCUT2D eigenvalue weighted by Gasteiger charge is 2.41. The molecule has 0 saturated carbocycles. The Balaban J connectivity index is 1.29. The third-order valence-electron chi connectivity index (χ3n) is 5.81. The van der Waals surface area contributed by atoms with Crippen molar-refractivity contribution < 1.29 is 14.3 Å². The second-order valence-electron chi connectivity index (χ2n) is 7.92. The average molecular weight is 392 g/mol. The zero-order chi connectivity index (χ0) is 19.7. The molecule has 2 aliphatic rings. The fourth-order valence-electron chi connectivity index (χ4n) is 4.25. The molecule has 2 unspecified atom stereocenters. The minimum absolute atomic E-state index is 0.0921. The molecule has 7 heteroatoms. The van der Waals surface area contributed by atoms with E-state index in [4.69, 9.17) is 9.47 Å². The van der Waals surface area contributed by atoms with Gasteiger partial charge in [-0.15, -0.1) is 0 Å². The number of pyridine rings is 1. The summed E-state index contributed by atoms with van der Waals surface area (Å²) in [7, 11) is 0. The normalized spacial score (nSPS) is 24.2. The molecule has 29 heavy (non-hydrogen) atoms. The van der Waals surface area contributed by atoms with Crippen molar-refractivity contribution in [2.75, 3.05) is 19.8 Å². The summed E-state index contributed by atoms with van der Waals surface area (Å²) in [4.78, 5) is 17.3. The second kappa shape index (κ2) is 7.57. The number of fused-ring (bicyclic) bond motifs is 1. The molecule has 1 aromatic carbocycles. The summed E-state index contributed by atoms with van der Waals surface area (Å²) in [6, 6.07) is 12.1. The fourth-order valence-corrected chi connectivity index (χ4v) is 4.25. The summed E-state index contributed by atoms with van der Waals surface area (Å²) in [5.74, 6) is -0.101. The number of carbonyl (C=O) groups excluding carboxylic acids is 1. The average Bonchev–Trinajstić information content (AvgIpc) is 3.36. The lowest BCUT2D eigenvalue weighted by Gasteiger charge is -2.37. The van der Waals surface area contributed by atoms with Crippen molar-refractivity contribution in [3.63, 3.8) is 0 Å². The molecule has 7 nitrogen and oxygen atoms in total. The van der Waals surface area contributed by atoms with E-state index in [2.05, 4.69) is 27.5 Å². The predicted octanol–water partition coefficient (Wildman–Crippen LogP) is 2.55. The van der Waals surface area contributed by atoms with Crippen LogP contribution in [0, 0.1) is 0 Å². The maximum atomic E-state index is 12.8. The fraction of sp³-hybridized carbons (Fsp3) is 0.409. The van der Waals surface area contributed by atoms with E-state index in [0.29, 0.717) is 25.3 Å². The maximum absolute atomic E-state index is 12.8. The lowest BCUT2D eigenvalue weighted by molar-refractivity contribution is -0.0881. The third kappa shape index (κ3) is 3.75. The predicted molar refractivity (Wildman–Crippen MR) is 108 cm³/mol. The molecule has 0 radical (unpaired) electrons. The summed E-state index contributed by atoms with van der Waals surface area (Å²) in [6.45, 7) is 2.65. The quantitative estimate of drug-likeness (QED) is 0.738. The van der Waals surface area contributed by atoms with E-state index >= 15 is 0 Å². The van der Waals surface area contributed by atoms with Gasteiger partial charge in [-0.2, -0.15) is 5.10 Å². The number of carbonyl (C=O) groups is 1. The SMILES string of the molecule is O=C(NC1CCOC2(CCOC2)C1)c1cnc2c(cnn2Cc2ccccc2)c1. The van der Waals surface area contributed by atoms with Crippen LogP contribution in [0.2, 0.25) is 0 Å². The molecule has 2 aromatic heterocycles. The molecule has 150 valence electrons. The van der Waals surface area contributed by atoms with Gasteiger partial charge < -0.3 is 14.8 Å². The Morgan fingerprint density at radius 2 is 2.14 bits per heavy atom. The topological polar surface area (TPSA) is 78.3 Å². The molecule has 1 N–H and O–H groups in total. The molecule has 2 aliphatic heterocycles. The van der Waals surface area contributed by atoms with Crippen LogP contribution in [0.5, 0.6) is 0 Å². The number of amides is 1. The lowest BCUT2D eigenvalue weighted by Crippen LogP contribution is -2.49. The van der Waals surface area contributed by atoms with Gasteiger partial charge in [0, 0.05) is 37.3 Å². The van der Waals surface area contributed by atoms with Crippen LogP contribution in [-0.2, 0) is 16.0 Å². The van der Waals surface area contributed by atoms with Crippen LogP contribution in [0.25, 0.3) is 11.0 Å². The summed E-state index contributed by atoms with van der Waals surface area (Å²) in [6.07, 6.45) is 5.91. The van der Waals surface area contributed by atoms with Gasteiger partial charge in [0.05, 0.1) is 30.5 Å². The van der Waals surface area contributed by atoms with Gasteiger partial charge in [-0.25, -0.2) is 9.67 Å². The highest BCUT2D eigenvalue weighted by atomic mass is 16.6. The molecule has 0 aliphatic carbocycles. The van der Waals surface area contributed by atoms with Crippen molar-refractivity contribution in [3.05, 3.63) is 59.9 Å². The lowest BCUT2D eigenvalue weighted by atomic mass is 9.89. The van der Waals surface area contributed by atoms with E-state index in [-0.39, 0.29) is 17.6 Å². The molecule has 1 spiro atoms. The van der Waals surface area contributed by atoms with Gasteiger partial charge in [0.15, 0.2) is 5.65 Å². The monoisotopic (exact) mass is 392 g/mol. The molecule has 3 aromatic rings. The number of benzene rings is 1. The van der Waals surface area contributed by atoms with E-state index in [1.165, 1.54) is 0 Å². The van der Waals surface area contributed by atoms with Crippen LogP contribution in [0.4, 0.5) is 0 Å². The molecule has 1 amide bonds. The minimum Gasteiger partial charge on any atom is -0.378 e. The number of aromatic nitrogens is 3. The van der Waals surface area contributed by atoms with E-state index in [9.17, 15) is 4.79 Å². The molecule has 5 rings (SSSR count). The first-order chi connectivity index (χ1) is 14.2. The highest BCUT2D eigenvalue weighted by molar-refractivity contribution is 5.97. The molecule has 4 heterocycles. The Bertz CT molecular complexity index is 1010. The summed E-state index contributed by atoms with van der Waals surface area (Å²) >= 11 is 0. The van der Waals surface area contributed by atoms with E-state index in [1.54, 1.807) is 12.4 Å². The van der Waals surface area contributed by atoms with E-state index in [1.807, 2.05) is 28.9 Å². The Hall–Kier alpha value is -2.77. The zero-order valence-electron chi connectivity index (χ0n) is 16.2. The molecular formula is C22H24N4O3. The molecule has 2 fully saturated rings. The number of hydrogen-bond acceptors (Lipinski definition) is 5. The summed E-state index contributed by atoms with van der Waals surface area (Å²) < 4.78 is 13.3. The van der Waals surface area contributed by atoms with E-state index < -0.39 is 0 Å². The third-order valence-corrected chi connectivity index (χ3v) is 5.81. The maximum Gasteiger partial charge on any atom is 0.253 e. The van der Waals surface area contributed by atoms with Gasteiger partial charge in [0.2, 0.25) is 0 Å². The highest BCUT2D eigenvalue weighted by Crippen LogP contribution is 2.33. The summed E-state index contributed by atoms with van der Waals surface area (Å²) in [5, 5.41) is 8.47. The Morgan fingerprint density at radius 1 is 1.24 bits per heavy atom. The number of ether oxygens (including phenoxy) is 2. The largest absolute Gasteiger partial charge is 0.378 e. The number of rotatable bonds is 4. The minimum atomic E-state index is -0.225. The first-order valence-corrected chi connectivity index (χ1v) is 10.1. The van der Waals surface area contributed by atoms with Gasteiger partial charge in [0.25, 0.3) is 5.91 Å². The molecule has 0 bridgehead atoms. The van der Waals surface area contributed by atoms with Crippen molar-refractivity contribution in [1.29, 1.82) is 0 Å². The molecular weight excluding hydrogens is 368 g/mol. The van der Waals surface area contributed by atoms with Crippen molar-refractivity contribution >= 4 is 16.9 Å². The van der Waals surface area contributed by atoms with Crippen LogP contribution in [0.1, 0.15) is 35.2 Å². The van der Waals surface area contributed by atoms with Crippen molar-refractivity contribution in [2.45, 2.75) is 37.5 Å². The van der Waals surface area contributed by atoms with Gasteiger partial charge >= 0.3 is 0 Å². The van der Waals surface area contributed by atoms with Crippen LogP contribution in [-0.4, -0.2) is 52.1 Å². The smallest absolute Gasteiger partial charge is 0.253 e. The van der Waals surface area contributed by atoms with Gasteiger partial charge in [0.1, 0.15) is 0 Å². The number of nitrogens with one attached hydrogen (secondary N) is 1. The Labute approximate surface area is 169 Å². The molecule has 2 saturated heterocycles. The van der Waals surface area contributed by atoms with Gasteiger partial charge in [-0.05, 0) is 24.5 Å². The van der Waals surface area contributed by atoms with Crippen molar-refractivity contribution in [2.24, 2.45) is 0 Å². The van der Waals surface area contributed by atoms with Crippen LogP contribution >= 0.6 is 0 Å². The first kappa shape index (κ1) is 18.3.